The summed E-state index contributed by atoms with van der Waals surface area (Å²) < 4.78 is 27.0. The molecule has 0 radical (unpaired) electrons. The lowest BCUT2D eigenvalue weighted by atomic mass is 10.0. The molecule has 0 saturated carbocycles. The Bertz CT molecular complexity index is 470. The van der Waals surface area contributed by atoms with Crippen LogP contribution in [-0.2, 0) is 17.3 Å². The van der Waals surface area contributed by atoms with Gasteiger partial charge in [-0.2, -0.15) is 0 Å². The van der Waals surface area contributed by atoms with Crippen molar-refractivity contribution in [2.24, 2.45) is 0 Å². The quantitative estimate of drug-likeness (QED) is 0.769. The highest BCUT2D eigenvalue weighted by Gasteiger charge is 2.28. The van der Waals surface area contributed by atoms with Crippen molar-refractivity contribution in [1.82, 2.24) is 16.0 Å². The number of piperazine rings is 1. The van der Waals surface area contributed by atoms with Gasteiger partial charge in [0.2, 0.25) is 5.91 Å². The number of hydrogen-bond acceptors (Lipinski definition) is 3. The van der Waals surface area contributed by atoms with Gasteiger partial charge in [-0.15, -0.1) is 0 Å². The summed E-state index contributed by atoms with van der Waals surface area (Å²) in [5, 5.41) is 9.07. The lowest BCUT2D eigenvalue weighted by molar-refractivity contribution is -0.123. The number of nitrogens with one attached hydrogen (secondary N) is 3. The molecule has 0 aliphatic carbocycles. The van der Waals surface area contributed by atoms with E-state index in [-0.39, 0.29) is 23.9 Å². The molecule has 1 saturated heterocycles. The van der Waals surface area contributed by atoms with Gasteiger partial charge in [0.25, 0.3) is 5.92 Å². The minimum atomic E-state index is -2.79. The summed E-state index contributed by atoms with van der Waals surface area (Å²) in [6.07, 6.45) is -0.219. The normalized spacial score (nSPS) is 19.3. The fourth-order valence-electron chi connectivity index (χ4n) is 2.22. The van der Waals surface area contributed by atoms with Crippen LogP contribution in [0.2, 0.25) is 0 Å². The first-order chi connectivity index (χ1) is 10.0. The van der Waals surface area contributed by atoms with Gasteiger partial charge in [-0.25, -0.2) is 8.78 Å². The molecule has 1 aromatic carbocycles. The summed E-state index contributed by atoms with van der Waals surface area (Å²) >= 11 is 0. The van der Waals surface area contributed by atoms with E-state index in [4.69, 9.17) is 0 Å². The summed E-state index contributed by atoms with van der Waals surface area (Å²) in [7, 11) is 0. The Labute approximate surface area is 123 Å². The predicted octanol–water partition coefficient (Wildman–Crippen LogP) is 1.37. The first-order valence-corrected chi connectivity index (χ1v) is 7.22. The summed E-state index contributed by atoms with van der Waals surface area (Å²) in [6.45, 7) is 4.03. The third-order valence-electron chi connectivity index (χ3n) is 3.64. The van der Waals surface area contributed by atoms with Crippen LogP contribution in [0.4, 0.5) is 8.78 Å². The molecule has 0 aromatic heterocycles. The van der Waals surface area contributed by atoms with Crippen LogP contribution >= 0.6 is 0 Å². The molecular weight excluding hydrogens is 276 g/mol. The maximum atomic E-state index is 13.5. The van der Waals surface area contributed by atoms with Crippen molar-refractivity contribution in [3.8, 4) is 0 Å². The van der Waals surface area contributed by atoms with Crippen LogP contribution < -0.4 is 16.0 Å². The highest BCUT2D eigenvalue weighted by molar-refractivity contribution is 5.82. The topological polar surface area (TPSA) is 53.2 Å². The molecule has 4 nitrogen and oxygen atoms in total. The standard InChI is InChI=1S/C15H21F2N3O/c1-2-15(16,17)12-5-3-11(4-6-12)9-20-14(21)13-10-18-7-8-19-13/h3-6,13,18-19H,2,7-10H2,1H3,(H,20,21). The zero-order valence-corrected chi connectivity index (χ0v) is 12.1. The molecule has 21 heavy (non-hydrogen) atoms. The molecule has 1 fully saturated rings. The molecule has 116 valence electrons. The maximum Gasteiger partial charge on any atom is 0.273 e. The highest BCUT2D eigenvalue weighted by atomic mass is 19.3. The van der Waals surface area contributed by atoms with Crippen molar-refractivity contribution >= 4 is 5.91 Å². The lowest BCUT2D eigenvalue weighted by Crippen LogP contribution is -2.55. The van der Waals surface area contributed by atoms with E-state index in [9.17, 15) is 13.6 Å². The van der Waals surface area contributed by atoms with E-state index in [0.717, 1.165) is 18.7 Å². The summed E-state index contributed by atoms with van der Waals surface area (Å²) in [5.74, 6) is -2.87. The minimum absolute atomic E-state index is 0.0122. The third kappa shape index (κ3) is 4.22. The van der Waals surface area contributed by atoms with E-state index in [1.807, 2.05) is 0 Å². The lowest BCUT2D eigenvalue weighted by Gasteiger charge is -2.23. The van der Waals surface area contributed by atoms with Gasteiger partial charge < -0.3 is 16.0 Å². The Hall–Kier alpha value is -1.53. The molecule has 1 unspecified atom stereocenters. The maximum absolute atomic E-state index is 13.5. The molecule has 1 amide bonds. The largest absolute Gasteiger partial charge is 0.351 e. The molecule has 0 spiro atoms. The zero-order chi connectivity index (χ0) is 15.3. The summed E-state index contributed by atoms with van der Waals surface area (Å²) in [6, 6.07) is 5.87. The Balaban J connectivity index is 1.87. The van der Waals surface area contributed by atoms with Gasteiger partial charge in [-0.3, -0.25) is 4.79 Å². The average molecular weight is 297 g/mol. The van der Waals surface area contributed by atoms with Crippen molar-refractivity contribution in [1.29, 1.82) is 0 Å². The number of carbonyl (C=O) groups is 1. The third-order valence-corrected chi connectivity index (χ3v) is 3.64. The van der Waals surface area contributed by atoms with Crippen molar-refractivity contribution in [3.63, 3.8) is 0 Å². The molecule has 3 N–H and O–H groups in total. The number of halogens is 2. The second-order valence-electron chi connectivity index (χ2n) is 5.18. The Kier molecular flexibility index (Phi) is 5.25. The van der Waals surface area contributed by atoms with Crippen molar-refractivity contribution < 1.29 is 13.6 Å². The Morgan fingerprint density at radius 1 is 1.33 bits per heavy atom. The van der Waals surface area contributed by atoms with Crippen LogP contribution in [0.1, 0.15) is 24.5 Å². The average Bonchev–Trinajstić information content (AvgIpc) is 2.54. The van der Waals surface area contributed by atoms with E-state index in [2.05, 4.69) is 16.0 Å². The second kappa shape index (κ2) is 6.95. The molecule has 1 aromatic rings. The van der Waals surface area contributed by atoms with Crippen LogP contribution in [0, 0.1) is 0 Å². The fraction of sp³-hybridized carbons (Fsp3) is 0.533. The molecular formula is C15H21F2N3O. The summed E-state index contributed by atoms with van der Waals surface area (Å²) in [5.41, 5.74) is 0.820. The van der Waals surface area contributed by atoms with E-state index in [1.54, 1.807) is 12.1 Å². The van der Waals surface area contributed by atoms with Crippen molar-refractivity contribution in [2.75, 3.05) is 19.6 Å². The molecule has 1 heterocycles. The number of alkyl halides is 2. The van der Waals surface area contributed by atoms with Gasteiger partial charge in [0, 0.05) is 38.2 Å². The van der Waals surface area contributed by atoms with E-state index in [1.165, 1.54) is 19.1 Å². The monoisotopic (exact) mass is 297 g/mol. The Morgan fingerprint density at radius 2 is 2.05 bits per heavy atom. The molecule has 2 rings (SSSR count). The summed E-state index contributed by atoms with van der Waals surface area (Å²) in [4.78, 5) is 11.9. The van der Waals surface area contributed by atoms with Gasteiger partial charge in [-0.05, 0) is 5.56 Å². The van der Waals surface area contributed by atoms with Gasteiger partial charge in [0.1, 0.15) is 0 Å². The molecule has 1 atom stereocenters. The minimum Gasteiger partial charge on any atom is -0.351 e. The van der Waals surface area contributed by atoms with Crippen LogP contribution in [0.25, 0.3) is 0 Å². The molecule has 1 aliphatic rings. The number of benzene rings is 1. The van der Waals surface area contributed by atoms with Crippen LogP contribution in [0.15, 0.2) is 24.3 Å². The van der Waals surface area contributed by atoms with E-state index in [0.29, 0.717) is 13.1 Å². The SMILES string of the molecule is CCC(F)(F)c1ccc(CNC(=O)C2CNCCN2)cc1. The van der Waals surface area contributed by atoms with Gasteiger partial charge in [-0.1, -0.05) is 31.2 Å². The number of carbonyl (C=O) groups excluding carboxylic acids is 1. The Morgan fingerprint density at radius 3 is 2.62 bits per heavy atom. The van der Waals surface area contributed by atoms with Crippen molar-refractivity contribution in [3.05, 3.63) is 35.4 Å². The van der Waals surface area contributed by atoms with Crippen LogP contribution in [0.5, 0.6) is 0 Å². The smallest absolute Gasteiger partial charge is 0.273 e. The molecule has 6 heteroatoms. The van der Waals surface area contributed by atoms with E-state index >= 15 is 0 Å². The second-order valence-corrected chi connectivity index (χ2v) is 5.18. The van der Waals surface area contributed by atoms with E-state index < -0.39 is 5.92 Å². The van der Waals surface area contributed by atoms with Gasteiger partial charge in [0.15, 0.2) is 0 Å². The van der Waals surface area contributed by atoms with Crippen molar-refractivity contribution in [2.45, 2.75) is 31.9 Å². The molecule has 1 aliphatic heterocycles. The first kappa shape index (κ1) is 15.9. The van der Waals surface area contributed by atoms with Crippen LogP contribution in [-0.4, -0.2) is 31.6 Å². The van der Waals surface area contributed by atoms with Gasteiger partial charge in [0.05, 0.1) is 6.04 Å². The fourth-order valence-corrected chi connectivity index (χ4v) is 2.22. The van der Waals surface area contributed by atoms with Gasteiger partial charge >= 0.3 is 0 Å². The zero-order valence-electron chi connectivity index (χ0n) is 12.1. The highest BCUT2D eigenvalue weighted by Crippen LogP contribution is 2.31. The number of rotatable bonds is 5. The predicted molar refractivity (Wildman–Crippen MR) is 77.1 cm³/mol. The molecule has 0 bridgehead atoms. The van der Waals surface area contributed by atoms with Crippen LogP contribution in [0.3, 0.4) is 0 Å². The first-order valence-electron chi connectivity index (χ1n) is 7.22. The number of hydrogen-bond donors (Lipinski definition) is 3. The number of amides is 1.